The summed E-state index contributed by atoms with van der Waals surface area (Å²) in [5.74, 6) is 5.55. The van der Waals surface area contributed by atoms with E-state index in [1.807, 2.05) is 14.0 Å². The Kier molecular flexibility index (Phi) is 7.34. The van der Waals surface area contributed by atoms with Gasteiger partial charge in [-0.1, -0.05) is 24.8 Å². The molecule has 0 aliphatic carbocycles. The smallest absolute Gasteiger partial charge is 0.247 e. The van der Waals surface area contributed by atoms with E-state index in [4.69, 9.17) is 4.74 Å². The van der Waals surface area contributed by atoms with Crippen molar-refractivity contribution in [2.45, 2.75) is 30.9 Å². The summed E-state index contributed by atoms with van der Waals surface area (Å²) in [7, 11) is -2.08. The molecule has 1 aliphatic heterocycles. The lowest BCUT2D eigenvalue weighted by molar-refractivity contribution is 0.103. The Morgan fingerprint density at radius 2 is 1.97 bits per heavy atom. The quantitative estimate of drug-likeness (QED) is 0.704. The first-order valence-corrected chi connectivity index (χ1v) is 11.6. The van der Waals surface area contributed by atoms with E-state index in [2.05, 4.69) is 17.2 Å². The van der Waals surface area contributed by atoms with E-state index in [0.29, 0.717) is 17.7 Å². The van der Waals surface area contributed by atoms with Gasteiger partial charge in [0.2, 0.25) is 10.0 Å². The van der Waals surface area contributed by atoms with Gasteiger partial charge < -0.3 is 15.2 Å². The number of ether oxygens (including phenoxy) is 1. The first kappa shape index (κ1) is 23.2. The van der Waals surface area contributed by atoms with E-state index in [-0.39, 0.29) is 41.6 Å². The third kappa shape index (κ3) is 5.25. The standard InChI is InChI=1S/C23H27FN2O4S/c1-16-14-26(17(2)15-27)31(28,29)23-10-9-19(12-21(23)30-22(16)13-25-3)8-7-18-5-4-6-20(24)11-18/h4-6,9-12,16-17,22,25,27H,13-15H2,1-3H3/t16-,17-,22+/m1/s1. The van der Waals surface area contributed by atoms with Crippen LogP contribution in [0.5, 0.6) is 5.75 Å². The Bertz CT molecular complexity index is 1090. The molecule has 0 radical (unpaired) electrons. The van der Waals surface area contributed by atoms with Crippen molar-refractivity contribution < 1.29 is 22.7 Å². The number of rotatable bonds is 4. The molecule has 8 heteroatoms. The van der Waals surface area contributed by atoms with Crippen LogP contribution in [0.3, 0.4) is 0 Å². The zero-order chi connectivity index (χ0) is 22.6. The summed E-state index contributed by atoms with van der Waals surface area (Å²) in [6.45, 7) is 4.08. The van der Waals surface area contributed by atoms with Crippen LogP contribution in [-0.2, 0) is 10.0 Å². The largest absolute Gasteiger partial charge is 0.487 e. The van der Waals surface area contributed by atoms with Gasteiger partial charge >= 0.3 is 0 Å². The topological polar surface area (TPSA) is 78.9 Å². The Morgan fingerprint density at radius 3 is 2.61 bits per heavy atom. The molecule has 0 amide bonds. The van der Waals surface area contributed by atoms with Crippen molar-refractivity contribution in [3.8, 4) is 17.6 Å². The molecule has 0 fully saturated rings. The Hall–Kier alpha value is -2.44. The van der Waals surface area contributed by atoms with Crippen LogP contribution in [0, 0.1) is 23.6 Å². The van der Waals surface area contributed by atoms with Crippen molar-refractivity contribution in [3.63, 3.8) is 0 Å². The van der Waals surface area contributed by atoms with Gasteiger partial charge in [-0.3, -0.25) is 0 Å². The molecule has 0 saturated carbocycles. The van der Waals surface area contributed by atoms with Gasteiger partial charge in [0.15, 0.2) is 0 Å². The molecular weight excluding hydrogens is 419 g/mol. The molecule has 6 nitrogen and oxygen atoms in total. The minimum Gasteiger partial charge on any atom is -0.487 e. The van der Waals surface area contributed by atoms with Crippen molar-refractivity contribution in [2.75, 3.05) is 26.7 Å². The summed E-state index contributed by atoms with van der Waals surface area (Å²) >= 11 is 0. The summed E-state index contributed by atoms with van der Waals surface area (Å²) in [6, 6.07) is 10.1. The fourth-order valence-corrected chi connectivity index (χ4v) is 5.28. The number of halogens is 1. The maximum atomic E-state index is 13.4. The lowest BCUT2D eigenvalue weighted by Gasteiger charge is -2.36. The number of hydrogen-bond acceptors (Lipinski definition) is 5. The second kappa shape index (κ2) is 9.79. The number of nitrogens with one attached hydrogen (secondary N) is 1. The summed E-state index contributed by atoms with van der Waals surface area (Å²) in [6.07, 6.45) is -0.279. The summed E-state index contributed by atoms with van der Waals surface area (Å²) in [5.41, 5.74) is 1.07. The molecule has 0 saturated heterocycles. The summed E-state index contributed by atoms with van der Waals surface area (Å²) in [4.78, 5) is 0.0390. The molecule has 2 aromatic rings. The molecule has 0 bridgehead atoms. The predicted molar refractivity (Wildman–Crippen MR) is 117 cm³/mol. The van der Waals surface area contributed by atoms with Crippen LogP contribution >= 0.6 is 0 Å². The SMILES string of the molecule is CNC[C@@H]1Oc2cc(C#Cc3cccc(F)c3)ccc2S(=O)(=O)N([C@H](C)CO)C[C@H]1C. The molecule has 1 aliphatic rings. The van der Waals surface area contributed by atoms with Gasteiger partial charge in [0.25, 0.3) is 0 Å². The molecule has 0 unspecified atom stereocenters. The van der Waals surface area contributed by atoms with Gasteiger partial charge in [0.1, 0.15) is 22.6 Å². The van der Waals surface area contributed by atoms with Crippen LogP contribution in [-0.4, -0.2) is 56.7 Å². The summed E-state index contributed by atoms with van der Waals surface area (Å²) < 4.78 is 47.6. The van der Waals surface area contributed by atoms with Crippen molar-refractivity contribution in [2.24, 2.45) is 5.92 Å². The number of fused-ring (bicyclic) bond motifs is 1. The summed E-state index contributed by atoms with van der Waals surface area (Å²) in [5, 5.41) is 12.7. The fourth-order valence-electron chi connectivity index (χ4n) is 3.46. The van der Waals surface area contributed by atoms with E-state index < -0.39 is 16.1 Å². The Balaban J connectivity index is 2.07. The van der Waals surface area contributed by atoms with Crippen LogP contribution in [0.15, 0.2) is 47.4 Å². The maximum Gasteiger partial charge on any atom is 0.247 e. The zero-order valence-corrected chi connectivity index (χ0v) is 18.6. The van der Waals surface area contributed by atoms with E-state index in [0.717, 1.165) is 0 Å². The van der Waals surface area contributed by atoms with E-state index >= 15 is 0 Å². The third-order valence-corrected chi connectivity index (χ3v) is 7.27. The molecule has 0 aromatic heterocycles. The third-order valence-electron chi connectivity index (χ3n) is 5.25. The monoisotopic (exact) mass is 446 g/mol. The van der Waals surface area contributed by atoms with Crippen LogP contribution in [0.4, 0.5) is 4.39 Å². The minimum atomic E-state index is -3.88. The van der Waals surface area contributed by atoms with Gasteiger partial charge in [-0.25, -0.2) is 12.8 Å². The van der Waals surface area contributed by atoms with Crippen LogP contribution in [0.1, 0.15) is 25.0 Å². The first-order valence-electron chi connectivity index (χ1n) is 10.1. The highest BCUT2D eigenvalue weighted by atomic mass is 32.2. The zero-order valence-electron chi connectivity index (χ0n) is 17.8. The van der Waals surface area contributed by atoms with E-state index in [9.17, 15) is 17.9 Å². The molecule has 166 valence electrons. The van der Waals surface area contributed by atoms with Crippen LogP contribution in [0.2, 0.25) is 0 Å². The minimum absolute atomic E-state index is 0.0390. The number of nitrogens with zero attached hydrogens (tertiary/aromatic N) is 1. The molecule has 2 aromatic carbocycles. The lowest BCUT2D eigenvalue weighted by atomic mass is 10.0. The average Bonchev–Trinajstić information content (AvgIpc) is 2.74. The van der Waals surface area contributed by atoms with Gasteiger partial charge in [-0.05, 0) is 50.4 Å². The van der Waals surface area contributed by atoms with E-state index in [1.54, 1.807) is 31.2 Å². The predicted octanol–water partition coefficient (Wildman–Crippen LogP) is 2.21. The van der Waals surface area contributed by atoms with Gasteiger partial charge in [0.05, 0.1) is 6.61 Å². The van der Waals surface area contributed by atoms with Gasteiger partial charge in [-0.2, -0.15) is 4.31 Å². The molecule has 0 spiro atoms. The normalized spacial score (nSPS) is 21.6. The fraction of sp³-hybridized carbons (Fsp3) is 0.391. The number of sulfonamides is 1. The Morgan fingerprint density at radius 1 is 1.26 bits per heavy atom. The van der Waals surface area contributed by atoms with Crippen molar-refractivity contribution in [1.82, 2.24) is 9.62 Å². The highest BCUT2D eigenvalue weighted by Crippen LogP contribution is 2.33. The molecule has 1 heterocycles. The van der Waals surface area contributed by atoms with Crippen molar-refractivity contribution >= 4 is 10.0 Å². The number of benzene rings is 2. The second-order valence-corrected chi connectivity index (χ2v) is 9.58. The maximum absolute atomic E-state index is 13.4. The van der Waals surface area contributed by atoms with Gasteiger partial charge in [-0.15, -0.1) is 0 Å². The molecule has 3 atom stereocenters. The molecular formula is C23H27FN2O4S. The molecule has 31 heavy (non-hydrogen) atoms. The molecule has 2 N–H and O–H groups in total. The van der Waals surface area contributed by atoms with Crippen LogP contribution < -0.4 is 10.1 Å². The average molecular weight is 447 g/mol. The number of likely N-dealkylation sites (N-methyl/N-ethyl adjacent to an activating group) is 1. The molecule has 3 rings (SSSR count). The highest BCUT2D eigenvalue weighted by Gasteiger charge is 2.37. The van der Waals surface area contributed by atoms with E-state index in [1.165, 1.54) is 22.5 Å². The van der Waals surface area contributed by atoms with Crippen molar-refractivity contribution in [1.29, 1.82) is 0 Å². The van der Waals surface area contributed by atoms with Gasteiger partial charge in [0, 0.05) is 36.2 Å². The second-order valence-electron chi connectivity index (χ2n) is 7.72. The van der Waals surface area contributed by atoms with Crippen LogP contribution in [0.25, 0.3) is 0 Å². The first-order chi connectivity index (χ1) is 14.8. The highest BCUT2D eigenvalue weighted by molar-refractivity contribution is 7.89. The number of aliphatic hydroxyl groups excluding tert-OH is 1. The number of hydrogen-bond donors (Lipinski definition) is 2. The van der Waals surface area contributed by atoms with Crippen molar-refractivity contribution in [3.05, 3.63) is 59.4 Å². The Labute approximate surface area is 183 Å². The lowest BCUT2D eigenvalue weighted by Crippen LogP contribution is -2.49. The number of aliphatic hydroxyl groups is 1.